The molecular formula is C27H27ClN4O2. The van der Waals surface area contributed by atoms with Gasteiger partial charge in [-0.05, 0) is 79.8 Å². The number of hydrogen-bond acceptors (Lipinski definition) is 4. The van der Waals surface area contributed by atoms with Gasteiger partial charge in [0.05, 0.1) is 10.7 Å². The molecule has 0 bridgehead atoms. The number of anilines is 1. The predicted molar refractivity (Wildman–Crippen MR) is 137 cm³/mol. The van der Waals surface area contributed by atoms with Crippen molar-refractivity contribution in [2.75, 3.05) is 18.0 Å². The van der Waals surface area contributed by atoms with E-state index in [1.165, 1.54) is 22.0 Å². The molecule has 0 unspecified atom stereocenters. The lowest BCUT2D eigenvalue weighted by Gasteiger charge is -2.19. The van der Waals surface area contributed by atoms with Gasteiger partial charge in [0.15, 0.2) is 0 Å². The number of nitrogens with zero attached hydrogens (tertiary/aromatic N) is 4. The lowest BCUT2D eigenvalue weighted by molar-refractivity contribution is 0.479. The normalized spacial score (nSPS) is 13.6. The van der Waals surface area contributed by atoms with Gasteiger partial charge in [-0.15, -0.1) is 0 Å². The Labute approximate surface area is 203 Å². The van der Waals surface area contributed by atoms with E-state index < -0.39 is 0 Å². The molecule has 7 heteroatoms. The van der Waals surface area contributed by atoms with Gasteiger partial charge < -0.3 is 14.6 Å². The van der Waals surface area contributed by atoms with Crippen molar-refractivity contribution in [3.05, 3.63) is 81.6 Å². The van der Waals surface area contributed by atoms with Crippen molar-refractivity contribution in [2.45, 2.75) is 26.7 Å². The first kappa shape index (κ1) is 22.3. The number of aryl methyl sites for hydroxylation is 3. The van der Waals surface area contributed by atoms with E-state index >= 15 is 0 Å². The molecule has 0 spiro atoms. The van der Waals surface area contributed by atoms with Crippen LogP contribution in [0.3, 0.4) is 0 Å². The fourth-order valence-electron chi connectivity index (χ4n) is 4.65. The molecule has 0 radical (unpaired) electrons. The molecule has 1 aliphatic heterocycles. The summed E-state index contributed by atoms with van der Waals surface area (Å²) in [5.74, 6) is 1.15. The molecule has 0 saturated carbocycles. The van der Waals surface area contributed by atoms with Crippen molar-refractivity contribution >= 4 is 17.4 Å². The van der Waals surface area contributed by atoms with Gasteiger partial charge in [-0.1, -0.05) is 17.7 Å². The summed E-state index contributed by atoms with van der Waals surface area (Å²) < 4.78 is 3.00. The molecule has 0 aliphatic carbocycles. The van der Waals surface area contributed by atoms with Crippen LogP contribution in [0, 0.1) is 13.8 Å². The summed E-state index contributed by atoms with van der Waals surface area (Å²) in [6, 6.07) is 13.5. The minimum Gasteiger partial charge on any atom is -0.507 e. The van der Waals surface area contributed by atoms with Crippen molar-refractivity contribution in [2.24, 2.45) is 7.05 Å². The van der Waals surface area contributed by atoms with E-state index in [-0.39, 0.29) is 11.4 Å². The standard InChI is InChI=1S/C27H27ClN4O2/c1-17-12-21(19-6-7-24(23(28)15-19)32-11-10-30(3)27(32)34)26(33)22(13-17)20-14-18(2)29-25(16-20)31-8-4-5-9-31/h6-7,10-16,33H,4-5,8-9H2,1-3H3. The van der Waals surface area contributed by atoms with E-state index in [2.05, 4.69) is 11.0 Å². The zero-order valence-electron chi connectivity index (χ0n) is 19.5. The van der Waals surface area contributed by atoms with Crippen molar-refractivity contribution in [3.63, 3.8) is 0 Å². The lowest BCUT2D eigenvalue weighted by atomic mass is 9.94. The van der Waals surface area contributed by atoms with Gasteiger partial charge in [0.1, 0.15) is 11.6 Å². The number of phenols is 1. The molecule has 2 aromatic heterocycles. The summed E-state index contributed by atoms with van der Waals surface area (Å²) in [7, 11) is 1.70. The van der Waals surface area contributed by atoms with Crippen LogP contribution >= 0.6 is 11.6 Å². The minimum absolute atomic E-state index is 0.169. The molecule has 1 saturated heterocycles. The van der Waals surface area contributed by atoms with Crippen LogP contribution in [-0.4, -0.2) is 32.3 Å². The smallest absolute Gasteiger partial charge is 0.332 e. The second-order valence-electron chi connectivity index (χ2n) is 8.99. The molecule has 174 valence electrons. The molecule has 3 heterocycles. The van der Waals surface area contributed by atoms with Gasteiger partial charge in [0.25, 0.3) is 0 Å². The summed E-state index contributed by atoms with van der Waals surface area (Å²) in [5, 5.41) is 11.8. The predicted octanol–water partition coefficient (Wildman–Crippen LogP) is 5.48. The quantitative estimate of drug-likeness (QED) is 0.425. The fraction of sp³-hybridized carbons (Fsp3) is 0.259. The van der Waals surface area contributed by atoms with Crippen LogP contribution in [0.25, 0.3) is 27.9 Å². The van der Waals surface area contributed by atoms with Gasteiger partial charge in [-0.3, -0.25) is 4.57 Å². The van der Waals surface area contributed by atoms with Crippen molar-refractivity contribution < 1.29 is 5.11 Å². The molecule has 1 aliphatic rings. The van der Waals surface area contributed by atoms with Gasteiger partial charge in [-0.25, -0.2) is 9.78 Å². The third kappa shape index (κ3) is 3.99. The molecule has 6 nitrogen and oxygen atoms in total. The zero-order chi connectivity index (χ0) is 24.0. The Bertz CT molecular complexity index is 1450. The number of pyridine rings is 1. The fourth-order valence-corrected chi connectivity index (χ4v) is 4.92. The van der Waals surface area contributed by atoms with Crippen LogP contribution in [0.1, 0.15) is 24.1 Å². The second kappa shape index (κ2) is 8.69. The molecule has 5 rings (SSSR count). The second-order valence-corrected chi connectivity index (χ2v) is 9.39. The molecular weight excluding hydrogens is 448 g/mol. The maximum atomic E-state index is 12.3. The first-order valence-electron chi connectivity index (χ1n) is 11.4. The Morgan fingerprint density at radius 1 is 0.941 bits per heavy atom. The topological polar surface area (TPSA) is 63.3 Å². The summed E-state index contributed by atoms with van der Waals surface area (Å²) >= 11 is 6.59. The van der Waals surface area contributed by atoms with E-state index in [0.29, 0.717) is 16.3 Å². The van der Waals surface area contributed by atoms with E-state index in [1.807, 2.05) is 44.2 Å². The molecule has 4 aromatic rings. The average Bonchev–Trinajstić information content (AvgIpc) is 3.46. The molecule has 1 N–H and O–H groups in total. The first-order valence-corrected chi connectivity index (χ1v) is 11.8. The highest BCUT2D eigenvalue weighted by molar-refractivity contribution is 6.32. The number of phenolic OH excluding ortho intramolecular Hbond substituents is 1. The number of rotatable bonds is 4. The Hall–Kier alpha value is -3.51. The zero-order valence-corrected chi connectivity index (χ0v) is 20.3. The van der Waals surface area contributed by atoms with Gasteiger partial charge >= 0.3 is 5.69 Å². The summed E-state index contributed by atoms with van der Waals surface area (Å²) in [6.45, 7) is 6.02. The summed E-state index contributed by atoms with van der Waals surface area (Å²) in [6.07, 6.45) is 5.74. The number of halogens is 1. The first-order chi connectivity index (χ1) is 16.3. The van der Waals surface area contributed by atoms with Gasteiger partial charge in [-0.2, -0.15) is 0 Å². The SMILES string of the molecule is Cc1cc(-c2cc(C)nc(N3CCCC3)c2)c(O)c(-c2ccc(-n3ccn(C)c3=O)c(Cl)c2)c1. The van der Waals surface area contributed by atoms with Crippen LogP contribution in [0.5, 0.6) is 5.75 Å². The highest BCUT2D eigenvalue weighted by Gasteiger charge is 2.18. The molecule has 2 aromatic carbocycles. The Balaban J connectivity index is 1.59. The number of hydrogen-bond donors (Lipinski definition) is 1. The van der Waals surface area contributed by atoms with Crippen LogP contribution in [0.4, 0.5) is 5.82 Å². The Morgan fingerprint density at radius 3 is 2.29 bits per heavy atom. The van der Waals surface area contributed by atoms with Crippen LogP contribution in [-0.2, 0) is 7.05 Å². The van der Waals surface area contributed by atoms with Crippen molar-refractivity contribution in [3.8, 4) is 33.7 Å². The minimum atomic E-state index is -0.169. The van der Waals surface area contributed by atoms with E-state index in [0.717, 1.165) is 46.9 Å². The molecule has 0 atom stereocenters. The van der Waals surface area contributed by atoms with Gasteiger partial charge in [0.2, 0.25) is 0 Å². The van der Waals surface area contributed by atoms with E-state index in [9.17, 15) is 9.90 Å². The highest BCUT2D eigenvalue weighted by atomic mass is 35.5. The molecule has 1 fully saturated rings. The summed E-state index contributed by atoms with van der Waals surface area (Å²) in [4.78, 5) is 19.4. The van der Waals surface area contributed by atoms with Crippen molar-refractivity contribution in [1.29, 1.82) is 0 Å². The average molecular weight is 475 g/mol. The van der Waals surface area contributed by atoms with Crippen LogP contribution in [0.15, 0.2) is 59.7 Å². The number of aromatic hydroxyl groups is 1. The maximum absolute atomic E-state index is 12.3. The largest absolute Gasteiger partial charge is 0.507 e. The third-order valence-electron chi connectivity index (χ3n) is 6.40. The molecule has 0 amide bonds. The molecule has 34 heavy (non-hydrogen) atoms. The summed E-state index contributed by atoms with van der Waals surface area (Å²) in [5.41, 5.74) is 5.56. The number of benzene rings is 2. The van der Waals surface area contributed by atoms with E-state index in [1.54, 1.807) is 25.5 Å². The lowest BCUT2D eigenvalue weighted by Crippen LogP contribution is -2.20. The van der Waals surface area contributed by atoms with Gasteiger partial charge in [0, 0.05) is 49.4 Å². The van der Waals surface area contributed by atoms with Crippen LogP contribution < -0.4 is 10.6 Å². The Kier molecular flexibility index (Phi) is 5.70. The number of aromatic nitrogens is 3. The maximum Gasteiger partial charge on any atom is 0.332 e. The van der Waals surface area contributed by atoms with E-state index in [4.69, 9.17) is 16.6 Å². The van der Waals surface area contributed by atoms with Crippen LogP contribution in [0.2, 0.25) is 5.02 Å². The van der Waals surface area contributed by atoms with Crippen molar-refractivity contribution in [1.82, 2.24) is 14.1 Å². The highest BCUT2D eigenvalue weighted by Crippen LogP contribution is 2.41. The Morgan fingerprint density at radius 2 is 1.65 bits per heavy atom. The third-order valence-corrected chi connectivity index (χ3v) is 6.70. The number of imidazole rings is 1. The monoisotopic (exact) mass is 474 g/mol.